The smallest absolute Gasteiger partial charge is 0.204 e. The lowest BCUT2D eigenvalue weighted by Gasteiger charge is -2.07. The first-order chi connectivity index (χ1) is 11.1. The molecule has 4 nitrogen and oxygen atoms in total. The molecule has 3 aromatic rings. The first kappa shape index (κ1) is 15.2. The van der Waals surface area contributed by atoms with Crippen molar-refractivity contribution in [2.45, 2.75) is 6.92 Å². The third-order valence-electron chi connectivity index (χ3n) is 3.33. The highest BCUT2D eigenvalue weighted by Gasteiger charge is 2.14. The topological polar surface area (TPSA) is 59.7 Å². The van der Waals surface area contributed by atoms with E-state index in [1.807, 2.05) is 0 Å². The van der Waals surface area contributed by atoms with Crippen LogP contribution in [0.4, 0.5) is 0 Å². The molecule has 0 aliphatic heterocycles. The SMILES string of the molecule is C/C=C/Oc1cc(O)c2c(=O)c(-c3ccc(Cl)cc3)coc2c1. The van der Waals surface area contributed by atoms with Crippen LogP contribution in [0.25, 0.3) is 22.1 Å². The highest BCUT2D eigenvalue weighted by molar-refractivity contribution is 6.30. The Bertz CT molecular complexity index is 940. The van der Waals surface area contributed by atoms with E-state index in [9.17, 15) is 9.90 Å². The number of halogens is 1. The summed E-state index contributed by atoms with van der Waals surface area (Å²) >= 11 is 5.86. The summed E-state index contributed by atoms with van der Waals surface area (Å²) in [6.45, 7) is 1.80. The second kappa shape index (κ2) is 6.18. The van der Waals surface area contributed by atoms with Gasteiger partial charge in [0.25, 0.3) is 0 Å². The molecule has 0 saturated heterocycles. The number of phenolic OH excluding ortho intramolecular Hbond substituents is 1. The number of phenols is 1. The van der Waals surface area contributed by atoms with Crippen molar-refractivity contribution >= 4 is 22.6 Å². The van der Waals surface area contributed by atoms with Crippen LogP contribution in [0, 0.1) is 0 Å². The molecule has 0 spiro atoms. The molecule has 0 amide bonds. The minimum atomic E-state index is -0.316. The van der Waals surface area contributed by atoms with Gasteiger partial charge < -0.3 is 14.3 Å². The van der Waals surface area contributed by atoms with E-state index in [1.54, 1.807) is 43.3 Å². The molecule has 116 valence electrons. The van der Waals surface area contributed by atoms with Crippen molar-refractivity contribution in [3.63, 3.8) is 0 Å². The van der Waals surface area contributed by atoms with Crippen molar-refractivity contribution < 1.29 is 14.3 Å². The van der Waals surface area contributed by atoms with Gasteiger partial charge in [0.15, 0.2) is 0 Å². The Balaban J connectivity index is 2.17. The molecular formula is C18H13ClO4. The molecule has 0 atom stereocenters. The summed E-state index contributed by atoms with van der Waals surface area (Å²) in [4.78, 5) is 12.7. The Hall–Kier alpha value is -2.72. The van der Waals surface area contributed by atoms with Gasteiger partial charge in [0.2, 0.25) is 5.43 Å². The molecule has 1 N–H and O–H groups in total. The van der Waals surface area contributed by atoms with Crippen molar-refractivity contribution in [1.82, 2.24) is 0 Å². The predicted octanol–water partition coefficient (Wildman–Crippen LogP) is 4.73. The van der Waals surface area contributed by atoms with Crippen molar-refractivity contribution in [3.8, 4) is 22.6 Å². The van der Waals surface area contributed by atoms with Crippen LogP contribution in [0.2, 0.25) is 5.02 Å². The minimum Gasteiger partial charge on any atom is -0.507 e. The summed E-state index contributed by atoms with van der Waals surface area (Å²) in [5, 5.41) is 10.9. The zero-order valence-electron chi connectivity index (χ0n) is 12.2. The standard InChI is InChI=1S/C18H13ClO4/c1-2-7-22-13-8-15(20)17-16(9-13)23-10-14(18(17)21)11-3-5-12(19)6-4-11/h2-10,20H,1H3/b7-2+. The van der Waals surface area contributed by atoms with Crippen molar-refractivity contribution in [2.24, 2.45) is 0 Å². The Morgan fingerprint density at radius 3 is 2.65 bits per heavy atom. The molecule has 0 unspecified atom stereocenters. The number of rotatable bonds is 3. The molecule has 0 saturated carbocycles. The third-order valence-corrected chi connectivity index (χ3v) is 3.58. The predicted molar refractivity (Wildman–Crippen MR) is 90.0 cm³/mol. The molecule has 0 radical (unpaired) electrons. The van der Waals surface area contributed by atoms with Gasteiger partial charge >= 0.3 is 0 Å². The molecule has 0 aliphatic rings. The van der Waals surface area contributed by atoms with E-state index in [0.29, 0.717) is 21.9 Å². The lowest BCUT2D eigenvalue weighted by molar-refractivity contribution is 0.455. The Morgan fingerprint density at radius 1 is 1.22 bits per heavy atom. The zero-order valence-corrected chi connectivity index (χ0v) is 13.0. The Labute approximate surface area is 137 Å². The first-order valence-corrected chi connectivity index (χ1v) is 7.30. The second-order valence-electron chi connectivity index (χ2n) is 4.89. The zero-order chi connectivity index (χ0) is 16.4. The maximum Gasteiger partial charge on any atom is 0.204 e. The van der Waals surface area contributed by atoms with Crippen molar-refractivity contribution in [1.29, 1.82) is 0 Å². The fourth-order valence-corrected chi connectivity index (χ4v) is 2.38. The second-order valence-corrected chi connectivity index (χ2v) is 5.32. The van der Waals surface area contributed by atoms with Gasteiger partial charge in [-0.1, -0.05) is 29.8 Å². The summed E-state index contributed by atoms with van der Waals surface area (Å²) in [5.74, 6) is 0.196. The van der Waals surface area contributed by atoms with Gasteiger partial charge in [0, 0.05) is 17.2 Å². The van der Waals surface area contributed by atoms with Gasteiger partial charge in [0.05, 0.1) is 11.8 Å². The van der Waals surface area contributed by atoms with E-state index >= 15 is 0 Å². The van der Waals surface area contributed by atoms with Crippen LogP contribution in [0.3, 0.4) is 0 Å². The molecule has 1 heterocycles. The van der Waals surface area contributed by atoms with E-state index in [0.717, 1.165) is 0 Å². The fourth-order valence-electron chi connectivity index (χ4n) is 2.25. The summed E-state index contributed by atoms with van der Waals surface area (Å²) in [6.07, 6.45) is 4.55. The monoisotopic (exact) mass is 328 g/mol. The van der Waals surface area contributed by atoms with Crippen LogP contribution in [0.5, 0.6) is 11.5 Å². The number of hydrogen-bond acceptors (Lipinski definition) is 4. The third kappa shape index (κ3) is 2.94. The van der Waals surface area contributed by atoms with Crippen LogP contribution in [-0.2, 0) is 0 Å². The van der Waals surface area contributed by atoms with Gasteiger partial charge in [0.1, 0.15) is 28.7 Å². The van der Waals surface area contributed by atoms with E-state index in [-0.39, 0.29) is 22.1 Å². The van der Waals surface area contributed by atoms with E-state index < -0.39 is 0 Å². The lowest BCUT2D eigenvalue weighted by Crippen LogP contribution is -2.05. The lowest BCUT2D eigenvalue weighted by atomic mass is 10.1. The number of benzene rings is 2. The summed E-state index contributed by atoms with van der Waals surface area (Å²) in [5.41, 5.74) is 0.959. The number of aromatic hydroxyl groups is 1. The summed E-state index contributed by atoms with van der Waals surface area (Å²) < 4.78 is 10.8. The van der Waals surface area contributed by atoms with Crippen LogP contribution in [0.1, 0.15) is 6.92 Å². The molecule has 2 aromatic carbocycles. The molecule has 5 heteroatoms. The molecule has 0 fully saturated rings. The Kier molecular flexibility index (Phi) is 4.08. The van der Waals surface area contributed by atoms with Gasteiger partial charge in [-0.05, 0) is 24.6 Å². The van der Waals surface area contributed by atoms with Crippen LogP contribution in [-0.4, -0.2) is 5.11 Å². The minimum absolute atomic E-state index is 0.116. The van der Waals surface area contributed by atoms with Crippen molar-refractivity contribution in [3.05, 3.63) is 70.2 Å². The van der Waals surface area contributed by atoms with Gasteiger partial charge in [-0.15, -0.1) is 0 Å². The van der Waals surface area contributed by atoms with Gasteiger partial charge in [-0.3, -0.25) is 4.79 Å². The average Bonchev–Trinajstić information content (AvgIpc) is 2.54. The molecule has 1 aromatic heterocycles. The van der Waals surface area contributed by atoms with Crippen LogP contribution < -0.4 is 10.2 Å². The summed E-state index contributed by atoms with van der Waals surface area (Å²) in [7, 11) is 0. The number of hydrogen-bond donors (Lipinski definition) is 1. The number of fused-ring (bicyclic) bond motifs is 1. The van der Waals surface area contributed by atoms with Crippen LogP contribution >= 0.6 is 11.6 Å². The number of ether oxygens (including phenoxy) is 1. The molecule has 0 bridgehead atoms. The van der Waals surface area contributed by atoms with E-state index in [4.69, 9.17) is 20.8 Å². The van der Waals surface area contributed by atoms with Crippen molar-refractivity contribution in [2.75, 3.05) is 0 Å². The molecule has 23 heavy (non-hydrogen) atoms. The fraction of sp³-hybridized carbons (Fsp3) is 0.0556. The highest BCUT2D eigenvalue weighted by Crippen LogP contribution is 2.30. The molecule has 0 aliphatic carbocycles. The summed E-state index contributed by atoms with van der Waals surface area (Å²) in [6, 6.07) is 9.76. The normalized spacial score (nSPS) is 11.2. The molecular weight excluding hydrogens is 316 g/mol. The van der Waals surface area contributed by atoms with Crippen LogP contribution in [0.15, 0.2) is 64.2 Å². The first-order valence-electron chi connectivity index (χ1n) is 6.92. The largest absolute Gasteiger partial charge is 0.507 e. The van der Waals surface area contributed by atoms with Gasteiger partial charge in [-0.25, -0.2) is 0 Å². The highest BCUT2D eigenvalue weighted by atomic mass is 35.5. The molecule has 3 rings (SSSR count). The quantitative estimate of drug-likeness (QED) is 0.706. The van der Waals surface area contributed by atoms with E-state index in [2.05, 4.69) is 0 Å². The maximum absolute atomic E-state index is 12.7. The maximum atomic E-state index is 12.7. The van der Waals surface area contributed by atoms with E-state index in [1.165, 1.54) is 18.6 Å². The van der Waals surface area contributed by atoms with Gasteiger partial charge in [-0.2, -0.15) is 0 Å². The Morgan fingerprint density at radius 2 is 1.96 bits per heavy atom. The average molecular weight is 329 g/mol. The number of allylic oxidation sites excluding steroid dienone is 1.